The average Bonchev–Trinajstić information content (AvgIpc) is 2.98. The molecule has 27 heavy (non-hydrogen) atoms. The lowest BCUT2D eigenvalue weighted by molar-refractivity contribution is 0.193. The number of halogens is 1. The second-order valence-corrected chi connectivity index (χ2v) is 6.81. The van der Waals surface area contributed by atoms with Crippen LogP contribution >= 0.6 is 12.2 Å². The number of benzene rings is 1. The van der Waals surface area contributed by atoms with Crippen molar-refractivity contribution in [2.75, 3.05) is 31.1 Å². The molecule has 0 aliphatic carbocycles. The second-order valence-electron chi connectivity index (χ2n) is 6.44. The van der Waals surface area contributed by atoms with Crippen LogP contribution in [0.1, 0.15) is 0 Å². The van der Waals surface area contributed by atoms with Gasteiger partial charge in [-0.1, -0.05) is 12.1 Å². The third kappa shape index (κ3) is 3.60. The topological polar surface area (TPSA) is 55.0 Å². The van der Waals surface area contributed by atoms with Gasteiger partial charge in [0, 0.05) is 45.6 Å². The smallest absolute Gasteiger partial charge is 0.225 e. The molecule has 0 unspecified atom stereocenters. The Hall–Kier alpha value is -2.65. The summed E-state index contributed by atoms with van der Waals surface area (Å²) in [4.78, 5) is 13.0. The summed E-state index contributed by atoms with van der Waals surface area (Å²) in [6.45, 7) is 3.95. The van der Waals surface area contributed by atoms with Crippen LogP contribution in [0.15, 0.2) is 42.7 Å². The van der Waals surface area contributed by atoms with Gasteiger partial charge in [-0.2, -0.15) is 5.10 Å². The first-order chi connectivity index (χ1) is 13.1. The molecule has 1 saturated heterocycles. The van der Waals surface area contributed by atoms with Crippen LogP contribution in [0.4, 0.5) is 10.3 Å². The molecule has 0 saturated carbocycles. The summed E-state index contributed by atoms with van der Waals surface area (Å²) in [5.74, 6) is 0.993. The van der Waals surface area contributed by atoms with E-state index in [1.807, 2.05) is 13.1 Å². The van der Waals surface area contributed by atoms with E-state index in [4.69, 9.17) is 12.2 Å². The van der Waals surface area contributed by atoms with Gasteiger partial charge in [0.2, 0.25) is 5.95 Å². The van der Waals surface area contributed by atoms with Crippen LogP contribution in [-0.2, 0) is 13.7 Å². The number of hydrogen-bond donors (Lipinski definition) is 0. The summed E-state index contributed by atoms with van der Waals surface area (Å²) in [5.41, 5.74) is 0.455. The van der Waals surface area contributed by atoms with E-state index in [0.717, 1.165) is 32.1 Å². The highest BCUT2D eigenvalue weighted by Gasteiger charge is 2.20. The maximum Gasteiger partial charge on any atom is 0.225 e. The van der Waals surface area contributed by atoms with Crippen LogP contribution in [-0.4, -0.2) is 55.4 Å². The molecule has 0 spiro atoms. The Bertz CT molecular complexity index is 977. The van der Waals surface area contributed by atoms with Gasteiger partial charge >= 0.3 is 0 Å². The van der Waals surface area contributed by atoms with Crippen LogP contribution in [0.3, 0.4) is 0 Å². The molecule has 4 rings (SSSR count). The zero-order valence-corrected chi connectivity index (χ0v) is 15.8. The monoisotopic (exact) mass is 385 g/mol. The molecule has 2 aromatic heterocycles. The van der Waals surface area contributed by atoms with Gasteiger partial charge in [-0.25, -0.2) is 19.0 Å². The standard InChI is InChI=1S/C18H20FN7S/c1-23-16(14-5-2-3-6-15(14)19)22-26(18(23)27)13-24-9-11-25(12-10-24)17-20-7-4-8-21-17/h2-8H,9-13H2,1H3. The summed E-state index contributed by atoms with van der Waals surface area (Å²) in [7, 11) is 1.82. The SMILES string of the molecule is Cn1c(-c2ccccc2F)nn(CN2CCN(c3ncccn3)CC2)c1=S. The van der Waals surface area contributed by atoms with Gasteiger partial charge in [-0.05, 0) is 30.4 Å². The van der Waals surface area contributed by atoms with Crippen LogP contribution in [0.5, 0.6) is 0 Å². The Balaban J connectivity index is 1.47. The minimum atomic E-state index is -0.302. The normalized spacial score (nSPS) is 15.3. The van der Waals surface area contributed by atoms with Crippen molar-refractivity contribution in [3.8, 4) is 11.4 Å². The quantitative estimate of drug-likeness (QED) is 0.643. The van der Waals surface area contributed by atoms with Gasteiger partial charge in [0.1, 0.15) is 5.82 Å². The average molecular weight is 385 g/mol. The molecule has 0 N–H and O–H groups in total. The Morgan fingerprint density at radius 2 is 1.74 bits per heavy atom. The van der Waals surface area contributed by atoms with Gasteiger partial charge in [-0.15, -0.1) is 0 Å². The van der Waals surface area contributed by atoms with E-state index >= 15 is 0 Å². The first kappa shape index (κ1) is 17.7. The molecule has 0 amide bonds. The molecule has 3 heterocycles. The van der Waals surface area contributed by atoms with Crippen molar-refractivity contribution in [3.63, 3.8) is 0 Å². The summed E-state index contributed by atoms with van der Waals surface area (Å²) in [6.07, 6.45) is 3.51. The number of anilines is 1. The summed E-state index contributed by atoms with van der Waals surface area (Å²) >= 11 is 5.51. The summed E-state index contributed by atoms with van der Waals surface area (Å²) in [6, 6.07) is 8.43. The number of hydrogen-bond acceptors (Lipinski definition) is 6. The van der Waals surface area contributed by atoms with Gasteiger partial charge in [-0.3, -0.25) is 4.90 Å². The molecule has 7 nitrogen and oxygen atoms in total. The molecule has 140 valence electrons. The van der Waals surface area contributed by atoms with Gasteiger partial charge in [0.15, 0.2) is 10.6 Å². The predicted octanol–water partition coefficient (Wildman–Crippen LogP) is 2.33. The Labute approximate surface area is 161 Å². The van der Waals surface area contributed by atoms with Gasteiger partial charge in [0.25, 0.3) is 0 Å². The van der Waals surface area contributed by atoms with Crippen molar-refractivity contribution >= 4 is 18.2 Å². The van der Waals surface area contributed by atoms with Crippen molar-refractivity contribution < 1.29 is 4.39 Å². The van der Waals surface area contributed by atoms with Crippen LogP contribution in [0.25, 0.3) is 11.4 Å². The molecule has 9 heteroatoms. The Kier molecular flexibility index (Phi) is 4.95. The highest BCUT2D eigenvalue weighted by atomic mass is 32.1. The number of rotatable bonds is 4. The van der Waals surface area contributed by atoms with E-state index in [1.54, 1.807) is 39.8 Å². The van der Waals surface area contributed by atoms with E-state index in [0.29, 0.717) is 22.8 Å². The Morgan fingerprint density at radius 1 is 1.04 bits per heavy atom. The molecular weight excluding hydrogens is 365 g/mol. The molecule has 3 aromatic rings. The second kappa shape index (κ2) is 7.53. The van der Waals surface area contributed by atoms with E-state index < -0.39 is 0 Å². The fourth-order valence-electron chi connectivity index (χ4n) is 3.19. The fourth-order valence-corrected chi connectivity index (χ4v) is 3.38. The fraction of sp³-hybridized carbons (Fsp3) is 0.333. The third-order valence-electron chi connectivity index (χ3n) is 4.70. The summed E-state index contributed by atoms with van der Waals surface area (Å²) in [5, 5.41) is 4.57. The lowest BCUT2D eigenvalue weighted by atomic mass is 10.2. The predicted molar refractivity (Wildman–Crippen MR) is 103 cm³/mol. The van der Waals surface area contributed by atoms with Crippen LogP contribution < -0.4 is 4.90 Å². The van der Waals surface area contributed by atoms with Crippen molar-refractivity contribution in [3.05, 3.63) is 53.3 Å². The largest absolute Gasteiger partial charge is 0.338 e. The molecule has 0 bridgehead atoms. The minimum absolute atomic E-state index is 0.302. The molecule has 1 aliphatic heterocycles. The molecule has 1 aliphatic rings. The highest BCUT2D eigenvalue weighted by molar-refractivity contribution is 7.71. The number of aromatic nitrogens is 5. The first-order valence-corrected chi connectivity index (χ1v) is 9.17. The highest BCUT2D eigenvalue weighted by Crippen LogP contribution is 2.21. The molecular formula is C18H20FN7S. The van der Waals surface area contributed by atoms with Gasteiger partial charge < -0.3 is 9.47 Å². The van der Waals surface area contributed by atoms with E-state index in [-0.39, 0.29) is 5.82 Å². The van der Waals surface area contributed by atoms with E-state index in [1.165, 1.54) is 6.07 Å². The van der Waals surface area contributed by atoms with E-state index in [2.05, 4.69) is 24.9 Å². The molecule has 0 atom stereocenters. The number of piperazine rings is 1. The number of nitrogens with zero attached hydrogens (tertiary/aromatic N) is 7. The maximum absolute atomic E-state index is 14.1. The summed E-state index contributed by atoms with van der Waals surface area (Å²) < 4.78 is 18.2. The van der Waals surface area contributed by atoms with Crippen LogP contribution in [0.2, 0.25) is 0 Å². The molecule has 1 aromatic carbocycles. The van der Waals surface area contributed by atoms with Gasteiger partial charge in [0.05, 0.1) is 12.2 Å². The zero-order chi connectivity index (χ0) is 18.8. The zero-order valence-electron chi connectivity index (χ0n) is 15.0. The minimum Gasteiger partial charge on any atom is -0.338 e. The first-order valence-electron chi connectivity index (χ1n) is 8.76. The third-order valence-corrected chi connectivity index (χ3v) is 5.18. The lowest BCUT2D eigenvalue weighted by Gasteiger charge is -2.34. The van der Waals surface area contributed by atoms with Crippen molar-refractivity contribution in [1.82, 2.24) is 29.2 Å². The van der Waals surface area contributed by atoms with Crippen molar-refractivity contribution in [2.24, 2.45) is 7.05 Å². The molecule has 0 radical (unpaired) electrons. The molecule has 1 fully saturated rings. The lowest BCUT2D eigenvalue weighted by Crippen LogP contribution is -2.47. The Morgan fingerprint density at radius 3 is 2.44 bits per heavy atom. The maximum atomic E-state index is 14.1. The van der Waals surface area contributed by atoms with Crippen LogP contribution in [0, 0.1) is 10.6 Å². The van der Waals surface area contributed by atoms with Crippen molar-refractivity contribution in [2.45, 2.75) is 6.67 Å². The van der Waals surface area contributed by atoms with Crippen molar-refractivity contribution in [1.29, 1.82) is 0 Å². The van der Waals surface area contributed by atoms with E-state index in [9.17, 15) is 4.39 Å².